The van der Waals surface area contributed by atoms with E-state index in [0.29, 0.717) is 28.1 Å². The molecule has 6 rings (SSSR count). The average Bonchev–Trinajstić information content (AvgIpc) is 3.52. The van der Waals surface area contributed by atoms with Gasteiger partial charge in [0.25, 0.3) is 5.91 Å². The quantitative estimate of drug-likeness (QED) is 0.345. The van der Waals surface area contributed by atoms with E-state index in [2.05, 4.69) is 32.3 Å². The Kier molecular flexibility index (Phi) is 5.93. The molecular formula is C29H23N9O. The Bertz CT molecular complexity index is 1910. The molecule has 10 heteroatoms. The van der Waals surface area contributed by atoms with Gasteiger partial charge in [-0.15, -0.1) is 5.10 Å². The highest BCUT2D eigenvalue weighted by Crippen LogP contribution is 2.29. The second kappa shape index (κ2) is 9.72. The van der Waals surface area contributed by atoms with Crippen molar-refractivity contribution < 1.29 is 4.79 Å². The number of rotatable bonds is 4. The van der Waals surface area contributed by atoms with Gasteiger partial charge >= 0.3 is 0 Å². The minimum atomic E-state index is -0.507. The van der Waals surface area contributed by atoms with Crippen molar-refractivity contribution in [3.05, 3.63) is 102 Å². The molecule has 0 aliphatic carbocycles. The first kappa shape index (κ1) is 23.8. The van der Waals surface area contributed by atoms with Crippen LogP contribution in [0.15, 0.2) is 79.4 Å². The fourth-order valence-electron chi connectivity index (χ4n) is 4.39. The highest BCUT2D eigenvalue weighted by molar-refractivity contribution is 6.04. The summed E-state index contributed by atoms with van der Waals surface area (Å²) in [6, 6.07) is 16.7. The zero-order valence-electron chi connectivity index (χ0n) is 21.2. The van der Waals surface area contributed by atoms with Crippen LogP contribution in [0.2, 0.25) is 0 Å². The molecule has 10 nitrogen and oxygen atoms in total. The number of benzene rings is 2. The zero-order chi connectivity index (χ0) is 26.9. The number of nitrogens with zero attached hydrogens (tertiary/aromatic N) is 7. The molecule has 0 aliphatic heterocycles. The van der Waals surface area contributed by atoms with Crippen LogP contribution in [0.5, 0.6) is 0 Å². The molecule has 6 aromatic rings. The molecule has 0 spiro atoms. The minimum absolute atomic E-state index is 0.100. The fraction of sp³-hybridized carbons (Fsp3) is 0.103. The van der Waals surface area contributed by atoms with E-state index in [1.807, 2.05) is 68.7 Å². The number of nitrogen functional groups attached to an aromatic ring is 1. The summed E-state index contributed by atoms with van der Waals surface area (Å²) in [7, 11) is 1.85. The van der Waals surface area contributed by atoms with Crippen LogP contribution in [0, 0.1) is 11.8 Å². The maximum atomic E-state index is 13.4. The van der Waals surface area contributed by atoms with E-state index in [1.54, 1.807) is 29.3 Å². The van der Waals surface area contributed by atoms with Gasteiger partial charge in [-0.3, -0.25) is 9.48 Å². The summed E-state index contributed by atoms with van der Waals surface area (Å²) < 4.78 is 3.19. The normalized spacial score (nSPS) is 11.7. The van der Waals surface area contributed by atoms with E-state index in [4.69, 9.17) is 15.7 Å². The number of anilines is 1. The maximum absolute atomic E-state index is 13.4. The number of hydrogen-bond donors (Lipinski definition) is 2. The number of fused-ring (bicyclic) bond motifs is 2. The maximum Gasteiger partial charge on any atom is 0.259 e. The largest absolute Gasteiger partial charge is 0.381 e. The smallest absolute Gasteiger partial charge is 0.259 e. The Hall–Kier alpha value is -5.56. The molecule has 0 radical (unpaired) electrons. The van der Waals surface area contributed by atoms with Crippen molar-refractivity contribution in [1.29, 1.82) is 0 Å². The molecule has 39 heavy (non-hydrogen) atoms. The standard InChI is InChI=1S/C29H23N9O/c1-18(33-29(39)23-27(30)36-38-15-7-14-31-28(23)38)24-26(20-8-4-3-5-9-20)35-25-21(10-6-11-22(25)34-24)13-12-19-16-32-37(2)17-19/h3-11,14-18H,1-2H3,(H2,30,36)(H,33,39)/t18-/m0/s1. The van der Waals surface area contributed by atoms with Gasteiger partial charge in [-0.1, -0.05) is 48.2 Å². The van der Waals surface area contributed by atoms with Crippen LogP contribution < -0.4 is 11.1 Å². The number of amides is 1. The summed E-state index contributed by atoms with van der Waals surface area (Å²) in [6.07, 6.45) is 6.85. The summed E-state index contributed by atoms with van der Waals surface area (Å²) in [4.78, 5) is 27.6. The van der Waals surface area contributed by atoms with Crippen molar-refractivity contribution in [2.24, 2.45) is 7.05 Å². The summed E-state index contributed by atoms with van der Waals surface area (Å²) >= 11 is 0. The monoisotopic (exact) mass is 513 g/mol. The van der Waals surface area contributed by atoms with Crippen LogP contribution in [-0.4, -0.2) is 40.3 Å². The molecule has 0 saturated carbocycles. The number of nitrogens with two attached hydrogens (primary N) is 1. The predicted molar refractivity (Wildman–Crippen MR) is 147 cm³/mol. The van der Waals surface area contributed by atoms with E-state index >= 15 is 0 Å². The van der Waals surface area contributed by atoms with Gasteiger partial charge in [-0.25, -0.2) is 19.5 Å². The van der Waals surface area contributed by atoms with Crippen LogP contribution in [0.25, 0.3) is 27.9 Å². The van der Waals surface area contributed by atoms with E-state index in [9.17, 15) is 4.79 Å². The fourth-order valence-corrected chi connectivity index (χ4v) is 4.39. The van der Waals surface area contributed by atoms with E-state index in [1.165, 1.54) is 4.52 Å². The number of aromatic nitrogens is 7. The summed E-state index contributed by atoms with van der Waals surface area (Å²) in [5.74, 6) is 6.06. The van der Waals surface area contributed by atoms with Crippen molar-refractivity contribution in [3.63, 3.8) is 0 Å². The van der Waals surface area contributed by atoms with Gasteiger partial charge in [-0.05, 0) is 25.1 Å². The van der Waals surface area contributed by atoms with Crippen LogP contribution in [-0.2, 0) is 7.05 Å². The van der Waals surface area contributed by atoms with E-state index in [-0.39, 0.29) is 11.4 Å². The molecule has 0 bridgehead atoms. The van der Waals surface area contributed by atoms with Gasteiger partial charge in [0.1, 0.15) is 11.1 Å². The van der Waals surface area contributed by atoms with Gasteiger partial charge in [0, 0.05) is 31.2 Å². The topological polar surface area (TPSA) is 129 Å². The molecule has 0 unspecified atom stereocenters. The lowest BCUT2D eigenvalue weighted by Gasteiger charge is -2.18. The number of aryl methyl sites for hydroxylation is 1. The molecule has 0 aliphatic rings. The van der Waals surface area contributed by atoms with Gasteiger partial charge in [0.15, 0.2) is 11.5 Å². The lowest BCUT2D eigenvalue weighted by atomic mass is 10.0. The Morgan fingerprint density at radius 1 is 1.05 bits per heavy atom. The third-order valence-corrected chi connectivity index (χ3v) is 6.22. The molecule has 1 amide bonds. The molecule has 190 valence electrons. The zero-order valence-corrected chi connectivity index (χ0v) is 21.2. The number of nitrogens with one attached hydrogen (secondary N) is 1. The molecule has 4 aromatic heterocycles. The Labute approximate surface area is 223 Å². The number of para-hydroxylation sites is 1. The van der Waals surface area contributed by atoms with Gasteiger partial charge in [0.2, 0.25) is 0 Å². The van der Waals surface area contributed by atoms with Crippen LogP contribution in [0.1, 0.15) is 40.1 Å². The number of hydrogen-bond acceptors (Lipinski definition) is 7. The number of carbonyl (C=O) groups is 1. The first-order chi connectivity index (χ1) is 19.0. The second-order valence-corrected chi connectivity index (χ2v) is 8.99. The van der Waals surface area contributed by atoms with Crippen molar-refractivity contribution in [2.45, 2.75) is 13.0 Å². The Morgan fingerprint density at radius 2 is 1.90 bits per heavy atom. The summed E-state index contributed by atoms with van der Waals surface area (Å²) in [5.41, 5.74) is 11.7. The summed E-state index contributed by atoms with van der Waals surface area (Å²) in [5, 5.41) is 11.4. The minimum Gasteiger partial charge on any atom is -0.381 e. The van der Waals surface area contributed by atoms with Crippen molar-refractivity contribution >= 4 is 28.4 Å². The molecule has 0 fully saturated rings. The average molecular weight is 514 g/mol. The van der Waals surface area contributed by atoms with Crippen molar-refractivity contribution in [2.75, 3.05) is 5.73 Å². The predicted octanol–water partition coefficient (Wildman–Crippen LogP) is 3.55. The van der Waals surface area contributed by atoms with E-state index in [0.717, 1.165) is 16.7 Å². The highest BCUT2D eigenvalue weighted by Gasteiger charge is 2.24. The lowest BCUT2D eigenvalue weighted by Crippen LogP contribution is -2.28. The molecule has 4 heterocycles. The Morgan fingerprint density at radius 3 is 2.69 bits per heavy atom. The molecule has 1 atom stereocenters. The van der Waals surface area contributed by atoms with Crippen molar-refractivity contribution in [1.82, 2.24) is 39.7 Å². The Balaban J connectivity index is 1.43. The highest BCUT2D eigenvalue weighted by atomic mass is 16.1. The molecular weight excluding hydrogens is 490 g/mol. The van der Waals surface area contributed by atoms with Crippen LogP contribution >= 0.6 is 0 Å². The van der Waals surface area contributed by atoms with Crippen LogP contribution in [0.4, 0.5) is 5.82 Å². The summed E-state index contributed by atoms with van der Waals surface area (Å²) in [6.45, 7) is 1.86. The first-order valence-corrected chi connectivity index (χ1v) is 12.2. The van der Waals surface area contributed by atoms with E-state index < -0.39 is 11.9 Å². The first-order valence-electron chi connectivity index (χ1n) is 12.2. The van der Waals surface area contributed by atoms with Crippen molar-refractivity contribution in [3.8, 4) is 23.1 Å². The second-order valence-electron chi connectivity index (χ2n) is 8.99. The van der Waals surface area contributed by atoms with Gasteiger partial charge in [-0.2, -0.15) is 5.10 Å². The van der Waals surface area contributed by atoms with Gasteiger partial charge in [0.05, 0.1) is 40.3 Å². The molecule has 2 aromatic carbocycles. The third-order valence-electron chi connectivity index (χ3n) is 6.22. The number of carbonyl (C=O) groups excluding carboxylic acids is 1. The SMILES string of the molecule is C[C@H](NC(=O)c1c(N)nn2cccnc12)c1nc2cccc(C#Cc3cnn(C)c3)c2nc1-c1ccccc1. The van der Waals surface area contributed by atoms with Crippen LogP contribution in [0.3, 0.4) is 0 Å². The molecule has 0 saturated heterocycles. The molecule has 3 N–H and O–H groups in total. The lowest BCUT2D eigenvalue weighted by molar-refractivity contribution is 0.0941. The van der Waals surface area contributed by atoms with Gasteiger partial charge < -0.3 is 11.1 Å². The third kappa shape index (κ3) is 4.53.